The zero-order valence-electron chi connectivity index (χ0n) is 18.6. The molecule has 1 N–H and O–H groups in total. The molecule has 0 bridgehead atoms. The van der Waals surface area contributed by atoms with Crippen molar-refractivity contribution < 1.29 is 28.6 Å². The SMILES string of the molecule is COc1ccc(C(O)=C2C(=O)C(=O)N(CCCN(C)C)[C@@H]2c2ccccc2F)cc1OC. The Labute approximate surface area is 186 Å². The highest BCUT2D eigenvalue weighted by Crippen LogP contribution is 2.41. The van der Waals surface area contributed by atoms with E-state index in [-0.39, 0.29) is 23.2 Å². The first kappa shape index (κ1) is 23.3. The van der Waals surface area contributed by atoms with E-state index in [9.17, 15) is 19.1 Å². The van der Waals surface area contributed by atoms with E-state index in [0.717, 1.165) is 0 Å². The summed E-state index contributed by atoms with van der Waals surface area (Å²) in [5, 5.41) is 11.1. The van der Waals surface area contributed by atoms with Gasteiger partial charge in [-0.15, -0.1) is 0 Å². The van der Waals surface area contributed by atoms with Gasteiger partial charge in [0.1, 0.15) is 11.6 Å². The Morgan fingerprint density at radius 1 is 1.09 bits per heavy atom. The van der Waals surface area contributed by atoms with Crippen molar-refractivity contribution >= 4 is 17.4 Å². The number of carbonyl (C=O) groups excluding carboxylic acids is 2. The Hall–Kier alpha value is -3.39. The third-order valence-corrected chi connectivity index (χ3v) is 5.40. The number of nitrogens with zero attached hydrogens (tertiary/aromatic N) is 2. The van der Waals surface area contributed by atoms with Crippen LogP contribution in [0.15, 0.2) is 48.0 Å². The average Bonchev–Trinajstić information content (AvgIpc) is 3.03. The maximum atomic E-state index is 14.8. The molecule has 1 heterocycles. The summed E-state index contributed by atoms with van der Waals surface area (Å²) in [4.78, 5) is 29.2. The Bertz CT molecular complexity index is 1050. The lowest BCUT2D eigenvalue weighted by molar-refractivity contribution is -0.140. The summed E-state index contributed by atoms with van der Waals surface area (Å²) in [6, 6.07) is 9.56. The fraction of sp³-hybridized carbons (Fsp3) is 0.333. The van der Waals surface area contributed by atoms with Crippen molar-refractivity contribution in [3.8, 4) is 11.5 Å². The number of ketones is 1. The van der Waals surface area contributed by atoms with Crippen LogP contribution in [0.3, 0.4) is 0 Å². The molecule has 32 heavy (non-hydrogen) atoms. The summed E-state index contributed by atoms with van der Waals surface area (Å²) in [5.74, 6) is -1.78. The molecule has 170 valence electrons. The first-order chi connectivity index (χ1) is 15.3. The predicted octanol–water partition coefficient (Wildman–Crippen LogP) is 3.22. The Balaban J connectivity index is 2.14. The van der Waals surface area contributed by atoms with Crippen molar-refractivity contribution in [2.45, 2.75) is 12.5 Å². The van der Waals surface area contributed by atoms with Gasteiger partial charge in [-0.3, -0.25) is 9.59 Å². The molecular weight excluding hydrogens is 415 g/mol. The van der Waals surface area contributed by atoms with Crippen LogP contribution in [0.4, 0.5) is 4.39 Å². The second-order valence-corrected chi connectivity index (χ2v) is 7.74. The third kappa shape index (κ3) is 4.45. The number of ether oxygens (including phenoxy) is 2. The normalized spacial score (nSPS) is 17.8. The minimum Gasteiger partial charge on any atom is -0.507 e. The molecule has 0 spiro atoms. The Kier molecular flexibility index (Phi) is 7.15. The van der Waals surface area contributed by atoms with Crippen molar-refractivity contribution in [1.82, 2.24) is 9.80 Å². The molecule has 3 rings (SSSR count). The zero-order chi connectivity index (χ0) is 23.4. The lowest BCUT2D eigenvalue weighted by Gasteiger charge is -2.26. The smallest absolute Gasteiger partial charge is 0.295 e. The van der Waals surface area contributed by atoms with E-state index in [0.29, 0.717) is 24.5 Å². The second kappa shape index (κ2) is 9.82. The van der Waals surface area contributed by atoms with Crippen molar-refractivity contribution in [2.24, 2.45) is 0 Å². The van der Waals surface area contributed by atoms with Crippen LogP contribution in [-0.4, -0.2) is 68.0 Å². The quantitative estimate of drug-likeness (QED) is 0.384. The van der Waals surface area contributed by atoms with E-state index in [1.54, 1.807) is 18.2 Å². The van der Waals surface area contributed by atoms with Crippen molar-refractivity contribution in [3.05, 3.63) is 65.0 Å². The fourth-order valence-corrected chi connectivity index (χ4v) is 3.83. The van der Waals surface area contributed by atoms with Gasteiger partial charge in [-0.2, -0.15) is 0 Å². The van der Waals surface area contributed by atoms with E-state index in [1.807, 2.05) is 19.0 Å². The van der Waals surface area contributed by atoms with Crippen LogP contribution in [0.2, 0.25) is 0 Å². The molecule has 7 nitrogen and oxygen atoms in total. The number of rotatable bonds is 8. The number of Topliss-reactive ketones (excluding diaryl/α,β-unsaturated/α-hetero) is 1. The molecule has 0 radical (unpaired) electrons. The van der Waals surface area contributed by atoms with Gasteiger partial charge in [-0.25, -0.2) is 4.39 Å². The molecule has 0 saturated carbocycles. The number of hydrogen-bond donors (Lipinski definition) is 1. The molecule has 0 aliphatic carbocycles. The Morgan fingerprint density at radius 3 is 2.41 bits per heavy atom. The highest BCUT2D eigenvalue weighted by atomic mass is 19.1. The van der Waals surface area contributed by atoms with Crippen molar-refractivity contribution in [1.29, 1.82) is 0 Å². The van der Waals surface area contributed by atoms with Gasteiger partial charge in [0.2, 0.25) is 0 Å². The zero-order valence-corrected chi connectivity index (χ0v) is 18.6. The standard InChI is InChI=1S/C24H27FN2O5/c1-26(2)12-7-13-27-21(16-8-5-6-9-17(16)25)20(23(29)24(27)30)22(28)15-10-11-18(31-3)19(14-15)32-4/h5-6,8-11,14,21,28H,7,12-13H2,1-4H3/t21-/m1/s1. The van der Waals surface area contributed by atoms with Crippen LogP contribution in [0.1, 0.15) is 23.6 Å². The number of aliphatic hydroxyl groups excluding tert-OH is 1. The van der Waals surface area contributed by atoms with Crippen molar-refractivity contribution in [2.75, 3.05) is 41.4 Å². The van der Waals surface area contributed by atoms with E-state index in [4.69, 9.17) is 9.47 Å². The topological polar surface area (TPSA) is 79.3 Å². The minimum absolute atomic E-state index is 0.151. The van der Waals surface area contributed by atoms with Gasteiger partial charge >= 0.3 is 0 Å². The largest absolute Gasteiger partial charge is 0.507 e. The highest BCUT2D eigenvalue weighted by Gasteiger charge is 2.46. The summed E-state index contributed by atoms with van der Waals surface area (Å²) < 4.78 is 25.3. The van der Waals surface area contributed by atoms with Gasteiger partial charge in [-0.05, 0) is 51.3 Å². The number of methoxy groups -OCH3 is 2. The third-order valence-electron chi connectivity index (χ3n) is 5.40. The molecule has 8 heteroatoms. The molecule has 1 fully saturated rings. The lowest BCUT2D eigenvalue weighted by atomic mass is 9.94. The molecule has 2 aromatic carbocycles. The molecule has 0 unspecified atom stereocenters. The van der Waals surface area contributed by atoms with E-state index in [2.05, 4.69) is 0 Å². The summed E-state index contributed by atoms with van der Waals surface area (Å²) >= 11 is 0. The Morgan fingerprint density at radius 2 is 1.78 bits per heavy atom. The van der Waals surface area contributed by atoms with Gasteiger partial charge in [0.15, 0.2) is 11.5 Å². The fourth-order valence-electron chi connectivity index (χ4n) is 3.83. The second-order valence-electron chi connectivity index (χ2n) is 7.74. The number of amides is 1. The maximum absolute atomic E-state index is 14.8. The van der Waals surface area contributed by atoms with Crippen LogP contribution in [0.5, 0.6) is 11.5 Å². The van der Waals surface area contributed by atoms with E-state index in [1.165, 1.54) is 43.4 Å². The molecule has 1 aliphatic heterocycles. The van der Waals surface area contributed by atoms with E-state index < -0.39 is 29.3 Å². The summed E-state index contributed by atoms with van der Waals surface area (Å²) in [5.41, 5.74) is 0.256. The number of aliphatic hydroxyl groups is 1. The van der Waals surface area contributed by atoms with Crippen LogP contribution in [0, 0.1) is 5.82 Å². The minimum atomic E-state index is -1.04. The molecule has 1 amide bonds. The van der Waals surface area contributed by atoms with Crippen LogP contribution in [0.25, 0.3) is 5.76 Å². The molecule has 1 saturated heterocycles. The number of hydrogen-bond acceptors (Lipinski definition) is 6. The van der Waals surface area contributed by atoms with Gasteiger partial charge < -0.3 is 24.4 Å². The van der Waals surface area contributed by atoms with Crippen LogP contribution in [-0.2, 0) is 9.59 Å². The first-order valence-corrected chi connectivity index (χ1v) is 10.2. The molecule has 0 aromatic heterocycles. The summed E-state index contributed by atoms with van der Waals surface area (Å²) in [6.45, 7) is 0.924. The highest BCUT2D eigenvalue weighted by molar-refractivity contribution is 6.46. The maximum Gasteiger partial charge on any atom is 0.295 e. The number of halogens is 1. The average molecular weight is 442 g/mol. The molecular formula is C24H27FN2O5. The summed E-state index contributed by atoms with van der Waals surface area (Å²) in [7, 11) is 6.73. The van der Waals surface area contributed by atoms with Crippen molar-refractivity contribution in [3.63, 3.8) is 0 Å². The van der Waals surface area contributed by atoms with E-state index >= 15 is 0 Å². The molecule has 1 atom stereocenters. The lowest BCUT2D eigenvalue weighted by Crippen LogP contribution is -2.32. The number of carbonyl (C=O) groups is 2. The van der Waals surface area contributed by atoms with Gasteiger partial charge in [0.25, 0.3) is 11.7 Å². The number of benzene rings is 2. The van der Waals surface area contributed by atoms with Crippen LogP contribution >= 0.6 is 0 Å². The van der Waals surface area contributed by atoms with Gasteiger partial charge in [-0.1, -0.05) is 18.2 Å². The van der Waals surface area contributed by atoms with Gasteiger partial charge in [0, 0.05) is 17.7 Å². The monoisotopic (exact) mass is 442 g/mol. The molecule has 2 aromatic rings. The predicted molar refractivity (Wildman–Crippen MR) is 118 cm³/mol. The summed E-state index contributed by atoms with van der Waals surface area (Å²) in [6.07, 6.45) is 0.585. The first-order valence-electron chi connectivity index (χ1n) is 10.2. The van der Waals surface area contributed by atoms with Gasteiger partial charge in [0.05, 0.1) is 25.8 Å². The molecule has 1 aliphatic rings. The number of likely N-dealkylation sites (tertiary alicyclic amines) is 1. The van der Waals surface area contributed by atoms with Crippen LogP contribution < -0.4 is 9.47 Å².